The van der Waals surface area contributed by atoms with Crippen molar-refractivity contribution in [3.63, 3.8) is 0 Å². The minimum Gasteiger partial charge on any atom is -0.356 e. The van der Waals surface area contributed by atoms with Gasteiger partial charge in [0.05, 0.1) is 10.6 Å². The second-order valence-corrected chi connectivity index (χ2v) is 9.98. The normalized spacial score (nSPS) is 15.9. The number of halogens is 1. The molecule has 32 heavy (non-hydrogen) atoms. The van der Waals surface area contributed by atoms with E-state index in [-0.39, 0.29) is 24.0 Å². The molecule has 2 aromatic rings. The first kappa shape index (κ1) is 26.6. The third-order valence-electron chi connectivity index (χ3n) is 5.68. The summed E-state index contributed by atoms with van der Waals surface area (Å²) in [7, 11) is -1.62. The number of aryl methyl sites for hydroxylation is 3. The monoisotopic (exact) mass is 574 g/mol. The van der Waals surface area contributed by atoms with Gasteiger partial charge in [-0.1, -0.05) is 18.2 Å². The lowest BCUT2D eigenvalue weighted by Gasteiger charge is -2.31. The van der Waals surface area contributed by atoms with Gasteiger partial charge in [0, 0.05) is 45.5 Å². The number of benzene rings is 1. The molecule has 0 atom stereocenters. The van der Waals surface area contributed by atoms with Gasteiger partial charge in [-0.2, -0.15) is 9.40 Å². The Morgan fingerprint density at radius 3 is 2.44 bits per heavy atom. The summed E-state index contributed by atoms with van der Waals surface area (Å²) in [4.78, 5) is 4.67. The maximum atomic E-state index is 12.8. The average Bonchev–Trinajstić information content (AvgIpc) is 3.11. The molecular weight excluding hydrogens is 539 g/mol. The van der Waals surface area contributed by atoms with E-state index >= 15 is 0 Å². The molecule has 2 heterocycles. The van der Waals surface area contributed by atoms with E-state index in [1.807, 2.05) is 17.7 Å². The van der Waals surface area contributed by atoms with Crippen LogP contribution in [0.25, 0.3) is 0 Å². The van der Waals surface area contributed by atoms with Crippen LogP contribution in [-0.2, 0) is 16.6 Å². The van der Waals surface area contributed by atoms with Crippen LogP contribution in [0.15, 0.2) is 46.3 Å². The molecule has 0 amide bonds. The summed E-state index contributed by atoms with van der Waals surface area (Å²) >= 11 is 0. The lowest BCUT2D eigenvalue weighted by Crippen LogP contribution is -2.44. The number of hydrogen-bond donors (Lipinski definition) is 2. The number of aliphatic imine (C=N–C) groups is 1. The van der Waals surface area contributed by atoms with Crippen LogP contribution in [0.3, 0.4) is 0 Å². The SMILES string of the molecule is CN=C(NCCCn1nc(C)cc1C)NCC1CCN(S(=O)(=O)c2ccccc2)CC1.I. The summed E-state index contributed by atoms with van der Waals surface area (Å²) in [6.07, 6.45) is 2.64. The fourth-order valence-electron chi connectivity index (χ4n) is 3.89. The van der Waals surface area contributed by atoms with Gasteiger partial charge in [0.2, 0.25) is 10.0 Å². The van der Waals surface area contributed by atoms with Crippen molar-refractivity contribution in [1.82, 2.24) is 24.7 Å². The third-order valence-corrected chi connectivity index (χ3v) is 7.59. The Morgan fingerprint density at radius 1 is 1.16 bits per heavy atom. The molecule has 10 heteroatoms. The molecule has 178 valence electrons. The summed E-state index contributed by atoms with van der Waals surface area (Å²) in [6.45, 7) is 7.66. The Balaban J connectivity index is 0.00000363. The number of piperidine rings is 1. The van der Waals surface area contributed by atoms with Gasteiger partial charge in [-0.25, -0.2) is 8.42 Å². The Morgan fingerprint density at radius 2 is 1.84 bits per heavy atom. The highest BCUT2D eigenvalue weighted by Gasteiger charge is 2.29. The lowest BCUT2D eigenvalue weighted by atomic mass is 9.98. The highest BCUT2D eigenvalue weighted by Crippen LogP contribution is 2.23. The van der Waals surface area contributed by atoms with E-state index in [0.717, 1.165) is 50.6 Å². The molecular formula is C22H35IN6O2S. The smallest absolute Gasteiger partial charge is 0.243 e. The zero-order valence-electron chi connectivity index (χ0n) is 19.1. The number of aromatic nitrogens is 2. The van der Waals surface area contributed by atoms with Gasteiger partial charge in [-0.05, 0) is 57.2 Å². The number of rotatable bonds is 8. The second kappa shape index (κ2) is 12.5. The van der Waals surface area contributed by atoms with Gasteiger partial charge in [0.15, 0.2) is 5.96 Å². The largest absolute Gasteiger partial charge is 0.356 e. The summed E-state index contributed by atoms with van der Waals surface area (Å²) in [5.41, 5.74) is 2.23. The van der Waals surface area contributed by atoms with Crippen LogP contribution in [0.5, 0.6) is 0 Å². The first-order chi connectivity index (χ1) is 14.9. The highest BCUT2D eigenvalue weighted by molar-refractivity contribution is 14.0. The fraction of sp³-hybridized carbons (Fsp3) is 0.545. The van der Waals surface area contributed by atoms with Crippen molar-refractivity contribution in [2.45, 2.75) is 44.6 Å². The topological polar surface area (TPSA) is 91.6 Å². The third kappa shape index (κ3) is 7.17. The van der Waals surface area contributed by atoms with Crippen molar-refractivity contribution in [3.05, 3.63) is 47.8 Å². The van der Waals surface area contributed by atoms with Gasteiger partial charge in [0.1, 0.15) is 0 Å². The number of nitrogens with one attached hydrogen (secondary N) is 2. The van der Waals surface area contributed by atoms with Crippen LogP contribution in [0.4, 0.5) is 0 Å². The molecule has 1 aromatic carbocycles. The van der Waals surface area contributed by atoms with E-state index in [1.165, 1.54) is 5.69 Å². The molecule has 3 rings (SSSR count). The lowest BCUT2D eigenvalue weighted by molar-refractivity contribution is 0.273. The quantitative estimate of drug-likeness (QED) is 0.219. The second-order valence-electron chi connectivity index (χ2n) is 8.04. The zero-order chi connectivity index (χ0) is 22.3. The molecule has 0 aliphatic carbocycles. The summed E-state index contributed by atoms with van der Waals surface area (Å²) in [6, 6.07) is 10.8. The van der Waals surface area contributed by atoms with E-state index in [4.69, 9.17) is 0 Å². The van der Waals surface area contributed by atoms with Crippen LogP contribution in [0.2, 0.25) is 0 Å². The molecule has 8 nitrogen and oxygen atoms in total. The van der Waals surface area contributed by atoms with Crippen LogP contribution in [-0.4, -0.2) is 61.7 Å². The molecule has 1 aromatic heterocycles. The van der Waals surface area contributed by atoms with E-state index in [1.54, 1.807) is 35.6 Å². The first-order valence-electron chi connectivity index (χ1n) is 10.9. The minimum absolute atomic E-state index is 0. The van der Waals surface area contributed by atoms with Crippen LogP contribution in [0.1, 0.15) is 30.7 Å². The first-order valence-corrected chi connectivity index (χ1v) is 12.3. The van der Waals surface area contributed by atoms with Crippen molar-refractivity contribution < 1.29 is 8.42 Å². The fourth-order valence-corrected chi connectivity index (χ4v) is 5.38. The molecule has 0 bridgehead atoms. The number of sulfonamides is 1. The molecule has 2 N–H and O–H groups in total. The Kier molecular flexibility index (Phi) is 10.4. The summed E-state index contributed by atoms with van der Waals surface area (Å²) in [5.74, 6) is 1.21. The van der Waals surface area contributed by atoms with Crippen molar-refractivity contribution in [2.24, 2.45) is 10.9 Å². The Hall–Kier alpha value is -1.66. The predicted octanol–water partition coefficient (Wildman–Crippen LogP) is 2.77. The van der Waals surface area contributed by atoms with Gasteiger partial charge in [-0.3, -0.25) is 9.67 Å². The molecule has 1 fully saturated rings. The molecule has 0 spiro atoms. The van der Waals surface area contributed by atoms with Gasteiger partial charge in [0.25, 0.3) is 0 Å². The minimum atomic E-state index is -3.39. The maximum absolute atomic E-state index is 12.8. The van der Waals surface area contributed by atoms with E-state index in [0.29, 0.717) is 23.9 Å². The highest BCUT2D eigenvalue weighted by atomic mass is 127. The zero-order valence-corrected chi connectivity index (χ0v) is 22.3. The summed E-state index contributed by atoms with van der Waals surface area (Å²) in [5, 5.41) is 11.2. The Bertz CT molecular complexity index is 970. The molecule has 1 aliphatic rings. The van der Waals surface area contributed by atoms with Crippen LogP contribution >= 0.6 is 24.0 Å². The molecule has 0 radical (unpaired) electrons. The number of hydrogen-bond acceptors (Lipinski definition) is 4. The van der Waals surface area contributed by atoms with Crippen LogP contribution in [0, 0.1) is 19.8 Å². The molecule has 0 saturated carbocycles. The van der Waals surface area contributed by atoms with E-state index < -0.39 is 10.0 Å². The van der Waals surface area contributed by atoms with Crippen molar-refractivity contribution in [3.8, 4) is 0 Å². The standard InChI is InChI=1S/C22H34N6O2S.HI/c1-18-16-19(2)28(26-18)13-7-12-24-22(23-3)25-17-20-10-14-27(15-11-20)31(29,30)21-8-5-4-6-9-21;/h4-6,8-9,16,20H,7,10-15,17H2,1-3H3,(H2,23,24,25);1H. The van der Waals surface area contributed by atoms with Gasteiger partial charge >= 0.3 is 0 Å². The molecule has 1 aliphatic heterocycles. The Labute approximate surface area is 208 Å². The number of guanidine groups is 1. The van der Waals surface area contributed by atoms with Crippen LogP contribution < -0.4 is 10.6 Å². The maximum Gasteiger partial charge on any atom is 0.243 e. The predicted molar refractivity (Wildman–Crippen MR) is 139 cm³/mol. The average molecular weight is 575 g/mol. The van der Waals surface area contributed by atoms with E-state index in [9.17, 15) is 8.42 Å². The molecule has 1 saturated heterocycles. The molecule has 0 unspecified atom stereocenters. The van der Waals surface area contributed by atoms with Gasteiger partial charge < -0.3 is 10.6 Å². The summed E-state index contributed by atoms with van der Waals surface area (Å²) < 4.78 is 29.1. The van der Waals surface area contributed by atoms with E-state index in [2.05, 4.69) is 33.7 Å². The van der Waals surface area contributed by atoms with Crippen molar-refractivity contribution >= 4 is 40.0 Å². The van der Waals surface area contributed by atoms with Gasteiger partial charge in [-0.15, -0.1) is 24.0 Å². The van der Waals surface area contributed by atoms with Crippen molar-refractivity contribution in [1.29, 1.82) is 0 Å². The van der Waals surface area contributed by atoms with Crippen molar-refractivity contribution in [2.75, 3.05) is 33.2 Å². The number of nitrogens with zero attached hydrogens (tertiary/aromatic N) is 4.